The first kappa shape index (κ1) is 77.1. The molecular formula is C75H128O6. The van der Waals surface area contributed by atoms with Crippen molar-refractivity contribution in [3.8, 4) is 0 Å². The van der Waals surface area contributed by atoms with E-state index in [9.17, 15) is 14.4 Å². The van der Waals surface area contributed by atoms with E-state index in [1.54, 1.807) is 0 Å². The molecule has 0 aliphatic rings. The molecule has 0 fully saturated rings. The van der Waals surface area contributed by atoms with Crippen LogP contribution in [0.3, 0.4) is 0 Å². The maximum absolute atomic E-state index is 12.9. The predicted molar refractivity (Wildman–Crippen MR) is 353 cm³/mol. The Hall–Kier alpha value is -3.93. The van der Waals surface area contributed by atoms with Crippen LogP contribution < -0.4 is 0 Å². The van der Waals surface area contributed by atoms with Crippen LogP contribution in [-0.4, -0.2) is 37.2 Å². The molecular weight excluding hydrogens is 997 g/mol. The molecule has 464 valence electrons. The maximum Gasteiger partial charge on any atom is 0.306 e. The third kappa shape index (κ3) is 66.8. The van der Waals surface area contributed by atoms with Gasteiger partial charge in [0, 0.05) is 19.3 Å². The van der Waals surface area contributed by atoms with Crippen molar-refractivity contribution in [2.24, 2.45) is 0 Å². The topological polar surface area (TPSA) is 78.9 Å². The minimum absolute atomic E-state index is 0.100. The Labute approximate surface area is 501 Å². The quantitative estimate of drug-likeness (QED) is 0.0261. The molecule has 0 rings (SSSR count). The number of unbranched alkanes of at least 4 members (excludes halogenated alkanes) is 33. The Morgan fingerprint density at radius 2 is 0.481 bits per heavy atom. The van der Waals surface area contributed by atoms with E-state index >= 15 is 0 Å². The third-order valence-electron chi connectivity index (χ3n) is 14.7. The summed E-state index contributed by atoms with van der Waals surface area (Å²) in [6.07, 6.45) is 94.2. The number of rotatable bonds is 62. The number of carbonyl (C=O) groups is 3. The smallest absolute Gasteiger partial charge is 0.306 e. The maximum atomic E-state index is 12.9. The van der Waals surface area contributed by atoms with Gasteiger partial charge in [0.15, 0.2) is 6.10 Å². The van der Waals surface area contributed by atoms with Gasteiger partial charge in [-0.1, -0.05) is 297 Å². The van der Waals surface area contributed by atoms with Gasteiger partial charge in [-0.05, 0) is 122 Å². The summed E-state index contributed by atoms with van der Waals surface area (Å²) in [7, 11) is 0. The summed E-state index contributed by atoms with van der Waals surface area (Å²) >= 11 is 0. The van der Waals surface area contributed by atoms with Crippen LogP contribution in [0.5, 0.6) is 0 Å². The van der Waals surface area contributed by atoms with Gasteiger partial charge in [0.05, 0.1) is 0 Å². The fourth-order valence-electron chi connectivity index (χ4n) is 9.66. The zero-order valence-electron chi connectivity index (χ0n) is 53.3. The Morgan fingerprint density at radius 1 is 0.259 bits per heavy atom. The summed E-state index contributed by atoms with van der Waals surface area (Å²) in [4.78, 5) is 38.3. The molecule has 0 aromatic rings. The van der Waals surface area contributed by atoms with Crippen molar-refractivity contribution in [3.63, 3.8) is 0 Å². The number of ether oxygens (including phenoxy) is 3. The Bertz CT molecular complexity index is 1620. The highest BCUT2D eigenvalue weighted by molar-refractivity contribution is 5.71. The van der Waals surface area contributed by atoms with Crippen molar-refractivity contribution in [2.45, 2.75) is 335 Å². The average Bonchev–Trinajstić information content (AvgIpc) is 3.46. The molecule has 0 spiro atoms. The van der Waals surface area contributed by atoms with E-state index in [0.717, 1.165) is 122 Å². The zero-order valence-corrected chi connectivity index (χ0v) is 53.3. The molecule has 81 heavy (non-hydrogen) atoms. The first-order chi connectivity index (χ1) is 40.0. The highest BCUT2D eigenvalue weighted by Crippen LogP contribution is 2.17. The first-order valence-electron chi connectivity index (χ1n) is 34.4. The van der Waals surface area contributed by atoms with E-state index in [1.165, 1.54) is 167 Å². The molecule has 1 atom stereocenters. The number of esters is 3. The molecule has 0 aromatic carbocycles. The van der Waals surface area contributed by atoms with Crippen LogP contribution in [0, 0.1) is 0 Å². The number of carbonyl (C=O) groups excluding carboxylic acids is 3. The minimum atomic E-state index is -0.810. The van der Waals surface area contributed by atoms with Gasteiger partial charge in [-0.2, -0.15) is 0 Å². The lowest BCUT2D eigenvalue weighted by Gasteiger charge is -2.18. The number of hydrogen-bond acceptors (Lipinski definition) is 6. The number of hydrogen-bond donors (Lipinski definition) is 0. The summed E-state index contributed by atoms with van der Waals surface area (Å²) in [6, 6.07) is 0. The molecule has 0 saturated carbocycles. The Balaban J connectivity index is 4.25. The molecule has 0 radical (unpaired) electrons. The molecule has 0 aliphatic heterocycles. The standard InChI is InChI=1S/C75H128O6/c1-4-7-10-13-16-19-22-25-27-29-31-32-33-34-35-36-37-38-39-40-41-42-44-45-47-50-53-56-59-62-65-68-74(77)80-71-72(70-79-73(76)67-64-61-58-55-52-49-24-21-18-15-12-9-6-3)81-75(78)69-66-63-60-57-54-51-48-46-43-30-28-26-23-20-17-14-11-8-5-2/h8-9,11-12,17-18,20-21,26,28-29,31,43,46,49,51-52,54,72H,4-7,10,13-16,19,22-25,27,30,32-42,44-45,47-48,50,53,55-71H2,1-3H3/b11-8-,12-9-,20-17-,21-18-,28-26-,31-29-,46-43-,52-49-,54-51-. The second-order valence-corrected chi connectivity index (χ2v) is 22.7. The van der Waals surface area contributed by atoms with Gasteiger partial charge in [0.1, 0.15) is 13.2 Å². The normalized spacial score (nSPS) is 12.8. The second kappa shape index (κ2) is 68.6. The van der Waals surface area contributed by atoms with Gasteiger partial charge < -0.3 is 14.2 Å². The van der Waals surface area contributed by atoms with E-state index in [0.29, 0.717) is 12.8 Å². The fraction of sp³-hybridized carbons (Fsp3) is 0.720. The minimum Gasteiger partial charge on any atom is -0.462 e. The van der Waals surface area contributed by atoms with Crippen molar-refractivity contribution in [1.29, 1.82) is 0 Å². The molecule has 0 bridgehead atoms. The first-order valence-corrected chi connectivity index (χ1v) is 34.4. The van der Waals surface area contributed by atoms with Crippen LogP contribution >= 0.6 is 0 Å². The van der Waals surface area contributed by atoms with Crippen molar-refractivity contribution < 1.29 is 28.6 Å². The SMILES string of the molecule is CC/C=C\C/C=C\C/C=C\C/C=C\C/C=C\CCCCCC(=O)OC(COC(=O)CCCCC/C=C\C/C=C\C/C=C\CC)COC(=O)CCCCCCCCCCCCCCCCCCCCC/C=C\CCCCCCCCCC. The monoisotopic (exact) mass is 1120 g/mol. The molecule has 0 heterocycles. The molecule has 0 aromatic heterocycles. The van der Waals surface area contributed by atoms with Gasteiger partial charge in [-0.25, -0.2) is 0 Å². The van der Waals surface area contributed by atoms with Gasteiger partial charge >= 0.3 is 17.9 Å². The van der Waals surface area contributed by atoms with Crippen molar-refractivity contribution in [3.05, 3.63) is 109 Å². The van der Waals surface area contributed by atoms with Gasteiger partial charge in [0.25, 0.3) is 0 Å². The van der Waals surface area contributed by atoms with Crippen LogP contribution in [0.25, 0.3) is 0 Å². The van der Waals surface area contributed by atoms with Crippen LogP contribution in [0.4, 0.5) is 0 Å². The van der Waals surface area contributed by atoms with Gasteiger partial charge in [-0.15, -0.1) is 0 Å². The molecule has 0 saturated heterocycles. The highest BCUT2D eigenvalue weighted by atomic mass is 16.6. The fourth-order valence-corrected chi connectivity index (χ4v) is 9.66. The van der Waals surface area contributed by atoms with E-state index in [2.05, 4.69) is 130 Å². The molecule has 6 nitrogen and oxygen atoms in total. The van der Waals surface area contributed by atoms with Crippen molar-refractivity contribution in [1.82, 2.24) is 0 Å². The van der Waals surface area contributed by atoms with E-state index in [1.807, 2.05) is 0 Å². The summed E-state index contributed by atoms with van der Waals surface area (Å²) < 4.78 is 16.9. The average molecular weight is 1130 g/mol. The van der Waals surface area contributed by atoms with Crippen LogP contribution in [0.2, 0.25) is 0 Å². The van der Waals surface area contributed by atoms with E-state index < -0.39 is 6.10 Å². The van der Waals surface area contributed by atoms with Crippen molar-refractivity contribution in [2.75, 3.05) is 13.2 Å². The highest BCUT2D eigenvalue weighted by Gasteiger charge is 2.19. The van der Waals surface area contributed by atoms with Crippen LogP contribution in [0.1, 0.15) is 329 Å². The molecule has 0 N–H and O–H groups in total. The number of allylic oxidation sites excluding steroid dienone is 18. The lowest BCUT2D eigenvalue weighted by Crippen LogP contribution is -2.30. The summed E-state index contributed by atoms with van der Waals surface area (Å²) in [5.41, 5.74) is 0. The lowest BCUT2D eigenvalue weighted by atomic mass is 10.0. The molecule has 0 aliphatic carbocycles. The zero-order chi connectivity index (χ0) is 58.5. The van der Waals surface area contributed by atoms with E-state index in [4.69, 9.17) is 14.2 Å². The van der Waals surface area contributed by atoms with E-state index in [-0.39, 0.29) is 37.5 Å². The third-order valence-corrected chi connectivity index (χ3v) is 14.7. The summed E-state index contributed by atoms with van der Waals surface area (Å²) in [5.74, 6) is -0.955. The molecule has 6 heteroatoms. The Morgan fingerprint density at radius 3 is 0.778 bits per heavy atom. The summed E-state index contributed by atoms with van der Waals surface area (Å²) in [6.45, 7) is 6.39. The van der Waals surface area contributed by atoms with Crippen molar-refractivity contribution >= 4 is 17.9 Å². The Kier molecular flexibility index (Phi) is 65.2. The predicted octanol–water partition coefficient (Wildman–Crippen LogP) is 23.8. The molecule has 1 unspecified atom stereocenters. The van der Waals surface area contributed by atoms with Crippen LogP contribution in [-0.2, 0) is 28.6 Å². The second-order valence-electron chi connectivity index (χ2n) is 22.7. The van der Waals surface area contributed by atoms with Gasteiger partial charge in [0.2, 0.25) is 0 Å². The van der Waals surface area contributed by atoms with Crippen LogP contribution in [0.15, 0.2) is 109 Å². The summed E-state index contributed by atoms with van der Waals surface area (Å²) in [5, 5.41) is 0. The lowest BCUT2D eigenvalue weighted by molar-refractivity contribution is -0.167. The molecule has 0 amide bonds. The van der Waals surface area contributed by atoms with Gasteiger partial charge in [-0.3, -0.25) is 14.4 Å². The largest absolute Gasteiger partial charge is 0.462 e.